The Morgan fingerprint density at radius 3 is 2.03 bits per heavy atom. The molecule has 0 aliphatic rings. The molecule has 10 nitrogen and oxygen atoms in total. The van der Waals surface area contributed by atoms with Crippen molar-refractivity contribution in [2.24, 2.45) is 0 Å². The molecule has 1 amide bonds. The summed E-state index contributed by atoms with van der Waals surface area (Å²) in [5.74, 6) is -2.96. The van der Waals surface area contributed by atoms with Crippen molar-refractivity contribution >= 4 is 40.6 Å². The lowest BCUT2D eigenvalue weighted by atomic mass is 10.0. The lowest BCUT2D eigenvalue weighted by Crippen LogP contribution is -2.47. The highest BCUT2D eigenvalue weighted by Gasteiger charge is 2.41. The van der Waals surface area contributed by atoms with Crippen LogP contribution >= 0.6 is 0 Å². The first kappa shape index (κ1) is 26.5. The number of furan rings is 1. The number of hydrogen-bond donors (Lipinski definition) is 1. The smallest absolute Gasteiger partial charge is 0.349 e. The van der Waals surface area contributed by atoms with Gasteiger partial charge in [0, 0.05) is 16.5 Å². The predicted molar refractivity (Wildman–Crippen MR) is 134 cm³/mol. The summed E-state index contributed by atoms with van der Waals surface area (Å²) >= 11 is 0. The van der Waals surface area contributed by atoms with Gasteiger partial charge in [-0.3, -0.25) is 9.69 Å². The van der Waals surface area contributed by atoms with E-state index in [1.54, 1.807) is 45.0 Å². The van der Waals surface area contributed by atoms with Crippen LogP contribution in [0.5, 0.6) is 0 Å². The van der Waals surface area contributed by atoms with Crippen molar-refractivity contribution < 1.29 is 32.7 Å². The Kier molecular flexibility index (Phi) is 7.01. The summed E-state index contributed by atoms with van der Waals surface area (Å²) in [4.78, 5) is 53.6. The molecule has 0 unspecified atom stereocenters. The van der Waals surface area contributed by atoms with Gasteiger partial charge < -0.3 is 23.6 Å². The minimum atomic E-state index is -1.03. The van der Waals surface area contributed by atoms with Crippen molar-refractivity contribution in [2.75, 3.05) is 24.4 Å². The van der Waals surface area contributed by atoms with Crippen LogP contribution in [0.4, 0.5) is 11.8 Å². The maximum absolute atomic E-state index is 13.9. The molecule has 0 spiro atoms. The topological polar surface area (TPSA) is 128 Å². The Hall–Kier alpha value is -4.08. The number of esters is 2. The molecule has 10 heteroatoms. The van der Waals surface area contributed by atoms with Gasteiger partial charge in [-0.15, -0.1) is 0 Å². The quantitative estimate of drug-likeness (QED) is 0.396. The Morgan fingerprint density at radius 2 is 1.47 bits per heavy atom. The van der Waals surface area contributed by atoms with Crippen molar-refractivity contribution in [3.05, 3.63) is 57.4 Å². The third-order valence-corrected chi connectivity index (χ3v) is 5.11. The highest BCUT2D eigenvalue weighted by atomic mass is 16.5. The fourth-order valence-electron chi connectivity index (χ4n) is 3.63. The second-order valence-corrected chi connectivity index (χ2v) is 10.1. The SMILES string of the molecule is COC(=O)c1c(NC(C)(C)C)oc(N(C(=O)c2cc3ccccc3oc2=O)C(C)(C)C)c1C(=O)OC. The molecule has 0 aliphatic heterocycles. The van der Waals surface area contributed by atoms with Crippen LogP contribution in [0, 0.1) is 0 Å². The minimum absolute atomic E-state index is 0.0858. The number of benzene rings is 1. The molecule has 0 saturated carbocycles. The number of fused-ring (bicyclic) bond motifs is 1. The summed E-state index contributed by atoms with van der Waals surface area (Å²) in [6.45, 7) is 10.5. The van der Waals surface area contributed by atoms with Gasteiger partial charge in [0.1, 0.15) is 22.3 Å². The van der Waals surface area contributed by atoms with Crippen LogP contribution < -0.4 is 15.8 Å². The van der Waals surface area contributed by atoms with Crippen LogP contribution in [0.15, 0.2) is 44.0 Å². The van der Waals surface area contributed by atoms with Gasteiger partial charge in [0.05, 0.1) is 14.2 Å². The number of ether oxygens (including phenoxy) is 2. The van der Waals surface area contributed by atoms with E-state index in [1.165, 1.54) is 6.07 Å². The van der Waals surface area contributed by atoms with E-state index in [1.807, 2.05) is 20.8 Å². The fourth-order valence-corrected chi connectivity index (χ4v) is 3.63. The normalized spacial score (nSPS) is 11.8. The molecule has 0 fully saturated rings. The number of amides is 1. The summed E-state index contributed by atoms with van der Waals surface area (Å²) in [6.07, 6.45) is 0. The van der Waals surface area contributed by atoms with E-state index in [0.717, 1.165) is 19.1 Å². The zero-order valence-corrected chi connectivity index (χ0v) is 21.6. The molecule has 36 heavy (non-hydrogen) atoms. The highest BCUT2D eigenvalue weighted by Crippen LogP contribution is 2.40. The number of carbonyl (C=O) groups is 3. The van der Waals surface area contributed by atoms with E-state index in [4.69, 9.17) is 18.3 Å². The third kappa shape index (κ3) is 5.12. The standard InChI is InChI=1S/C26H30N2O8/c1-25(2,3)27-19-17(23(31)33-7)18(24(32)34-8)21(36-19)28(26(4,5)6)20(29)15-13-14-11-9-10-12-16(14)35-22(15)30/h9-13,27H,1-8H3. The molecule has 0 atom stereocenters. The van der Waals surface area contributed by atoms with E-state index < -0.39 is 34.5 Å². The van der Waals surface area contributed by atoms with Crippen molar-refractivity contribution in [2.45, 2.75) is 52.6 Å². The average Bonchev–Trinajstić information content (AvgIpc) is 3.12. The van der Waals surface area contributed by atoms with Gasteiger partial charge in [-0.2, -0.15) is 0 Å². The number of carbonyl (C=O) groups excluding carboxylic acids is 3. The second kappa shape index (κ2) is 9.52. The lowest BCUT2D eigenvalue weighted by molar-refractivity contribution is 0.0557. The zero-order valence-electron chi connectivity index (χ0n) is 21.6. The minimum Gasteiger partial charge on any atom is -0.465 e. The van der Waals surface area contributed by atoms with E-state index in [2.05, 4.69) is 5.32 Å². The first-order chi connectivity index (χ1) is 16.7. The van der Waals surface area contributed by atoms with Crippen LogP contribution in [0.2, 0.25) is 0 Å². The van der Waals surface area contributed by atoms with Gasteiger partial charge in [0.25, 0.3) is 5.91 Å². The van der Waals surface area contributed by atoms with Gasteiger partial charge in [0.15, 0.2) is 0 Å². The molecule has 192 valence electrons. The Morgan fingerprint density at radius 1 is 0.889 bits per heavy atom. The summed E-state index contributed by atoms with van der Waals surface area (Å²) in [7, 11) is 2.29. The van der Waals surface area contributed by atoms with Crippen molar-refractivity contribution in [1.29, 1.82) is 0 Å². The number of nitrogens with zero attached hydrogens (tertiary/aromatic N) is 1. The predicted octanol–water partition coefficient (Wildman–Crippen LogP) is 4.61. The van der Waals surface area contributed by atoms with Gasteiger partial charge in [-0.1, -0.05) is 18.2 Å². The molecule has 3 aromatic rings. The largest absolute Gasteiger partial charge is 0.465 e. The molecule has 2 heterocycles. The number of nitrogens with one attached hydrogen (secondary N) is 1. The number of methoxy groups -OCH3 is 2. The summed E-state index contributed by atoms with van der Waals surface area (Å²) in [6, 6.07) is 8.18. The molecule has 0 aliphatic carbocycles. The van der Waals surface area contributed by atoms with E-state index in [-0.39, 0.29) is 28.5 Å². The van der Waals surface area contributed by atoms with Gasteiger partial charge in [-0.25, -0.2) is 14.4 Å². The van der Waals surface area contributed by atoms with Gasteiger partial charge in [0.2, 0.25) is 11.8 Å². The van der Waals surface area contributed by atoms with Crippen LogP contribution in [0.3, 0.4) is 0 Å². The molecule has 3 rings (SSSR count). The number of para-hydroxylation sites is 1. The Balaban J connectivity index is 2.34. The van der Waals surface area contributed by atoms with Gasteiger partial charge in [-0.05, 0) is 53.7 Å². The van der Waals surface area contributed by atoms with Crippen LogP contribution in [-0.4, -0.2) is 43.1 Å². The maximum atomic E-state index is 13.9. The summed E-state index contributed by atoms with van der Waals surface area (Å²) in [5.41, 5.74) is -2.99. The van der Waals surface area contributed by atoms with E-state index in [0.29, 0.717) is 11.0 Å². The van der Waals surface area contributed by atoms with Crippen LogP contribution in [0.25, 0.3) is 11.0 Å². The molecule has 2 aromatic heterocycles. The third-order valence-electron chi connectivity index (χ3n) is 5.11. The van der Waals surface area contributed by atoms with E-state index in [9.17, 15) is 19.2 Å². The second-order valence-electron chi connectivity index (χ2n) is 10.1. The van der Waals surface area contributed by atoms with Crippen molar-refractivity contribution in [3.63, 3.8) is 0 Å². The average molecular weight is 499 g/mol. The summed E-state index contributed by atoms with van der Waals surface area (Å²) < 4.78 is 21.2. The van der Waals surface area contributed by atoms with Crippen LogP contribution in [0.1, 0.15) is 72.6 Å². The number of hydrogen-bond acceptors (Lipinski definition) is 9. The molecule has 0 radical (unpaired) electrons. The Labute approximate surface area is 208 Å². The van der Waals surface area contributed by atoms with Crippen molar-refractivity contribution in [3.8, 4) is 0 Å². The highest BCUT2D eigenvalue weighted by molar-refractivity contribution is 6.14. The van der Waals surface area contributed by atoms with Crippen molar-refractivity contribution in [1.82, 2.24) is 0 Å². The molecule has 1 aromatic carbocycles. The fraction of sp³-hybridized carbons (Fsp3) is 0.385. The summed E-state index contributed by atoms with van der Waals surface area (Å²) in [5, 5.41) is 3.57. The molecular formula is C26H30N2O8. The number of rotatable bonds is 5. The molecule has 0 saturated heterocycles. The lowest BCUT2D eigenvalue weighted by Gasteiger charge is -2.33. The molecule has 1 N–H and O–H groups in total. The molecular weight excluding hydrogens is 468 g/mol. The van der Waals surface area contributed by atoms with E-state index >= 15 is 0 Å². The first-order valence-electron chi connectivity index (χ1n) is 11.2. The zero-order chi connectivity index (χ0) is 27.0. The van der Waals surface area contributed by atoms with Gasteiger partial charge >= 0.3 is 17.6 Å². The number of anilines is 2. The van der Waals surface area contributed by atoms with Crippen LogP contribution in [-0.2, 0) is 9.47 Å². The maximum Gasteiger partial charge on any atom is 0.349 e. The first-order valence-corrected chi connectivity index (χ1v) is 11.2. The Bertz CT molecular complexity index is 1390. The molecule has 0 bridgehead atoms. The monoisotopic (exact) mass is 498 g/mol.